The molecule has 0 aliphatic carbocycles. The van der Waals surface area contributed by atoms with E-state index in [-0.39, 0.29) is 23.4 Å². The first kappa shape index (κ1) is 16.1. The van der Waals surface area contributed by atoms with Crippen LogP contribution in [0.1, 0.15) is 25.8 Å². The van der Waals surface area contributed by atoms with E-state index in [0.717, 1.165) is 0 Å². The summed E-state index contributed by atoms with van der Waals surface area (Å²) in [7, 11) is -3.92. The number of hydrogen-bond donors (Lipinski definition) is 2. The Balaban J connectivity index is 3.03. The number of carboxylic acids is 1. The molecular formula is C13H16N2O4S. The molecule has 0 heterocycles. The third kappa shape index (κ3) is 3.35. The summed E-state index contributed by atoms with van der Waals surface area (Å²) in [6.07, 6.45) is 0.282. The zero-order valence-corrected chi connectivity index (χ0v) is 12.1. The summed E-state index contributed by atoms with van der Waals surface area (Å²) in [6.45, 7) is 2.90. The van der Waals surface area contributed by atoms with Crippen molar-refractivity contribution in [3.05, 3.63) is 29.8 Å². The summed E-state index contributed by atoms with van der Waals surface area (Å²) in [6, 6.07) is 7.57. The van der Waals surface area contributed by atoms with Gasteiger partial charge in [-0.1, -0.05) is 19.1 Å². The van der Waals surface area contributed by atoms with Crippen molar-refractivity contribution in [2.24, 2.45) is 5.41 Å². The minimum absolute atomic E-state index is 0.0218. The van der Waals surface area contributed by atoms with Gasteiger partial charge in [-0.2, -0.15) is 5.26 Å². The lowest BCUT2D eigenvalue weighted by atomic mass is 9.88. The highest BCUT2D eigenvalue weighted by Crippen LogP contribution is 2.22. The van der Waals surface area contributed by atoms with Crippen LogP contribution in [-0.4, -0.2) is 26.0 Å². The van der Waals surface area contributed by atoms with Crippen LogP contribution in [0.5, 0.6) is 0 Å². The van der Waals surface area contributed by atoms with Crippen LogP contribution in [0.15, 0.2) is 29.2 Å². The van der Waals surface area contributed by atoms with Crippen molar-refractivity contribution in [3.8, 4) is 6.07 Å². The van der Waals surface area contributed by atoms with Gasteiger partial charge >= 0.3 is 5.97 Å². The highest BCUT2D eigenvalue weighted by molar-refractivity contribution is 7.89. The molecule has 0 aliphatic rings. The number of carbonyl (C=O) groups is 1. The van der Waals surface area contributed by atoms with Crippen LogP contribution in [0, 0.1) is 16.7 Å². The molecule has 0 aromatic heterocycles. The van der Waals surface area contributed by atoms with Gasteiger partial charge in [-0.05, 0) is 25.5 Å². The molecule has 2 N–H and O–H groups in total. The molecule has 0 bridgehead atoms. The average Bonchev–Trinajstić information content (AvgIpc) is 2.44. The summed E-state index contributed by atoms with van der Waals surface area (Å²) in [5.74, 6) is -1.07. The van der Waals surface area contributed by atoms with Crippen LogP contribution in [-0.2, 0) is 14.8 Å². The maximum atomic E-state index is 12.1. The Kier molecular flexibility index (Phi) is 4.87. The van der Waals surface area contributed by atoms with Crippen LogP contribution in [0.25, 0.3) is 0 Å². The number of benzene rings is 1. The van der Waals surface area contributed by atoms with Crippen LogP contribution in [0.2, 0.25) is 0 Å². The zero-order chi connectivity index (χ0) is 15.4. The highest BCUT2D eigenvalue weighted by Gasteiger charge is 2.33. The summed E-state index contributed by atoms with van der Waals surface area (Å²) >= 11 is 0. The molecule has 1 atom stereocenters. The maximum absolute atomic E-state index is 12.1. The number of aliphatic carboxylic acids is 1. The fraction of sp³-hybridized carbons (Fsp3) is 0.385. The molecule has 0 radical (unpaired) electrons. The number of nitriles is 1. The highest BCUT2D eigenvalue weighted by atomic mass is 32.2. The van der Waals surface area contributed by atoms with E-state index in [0.29, 0.717) is 0 Å². The number of hydrogen-bond acceptors (Lipinski definition) is 4. The van der Waals surface area contributed by atoms with Gasteiger partial charge in [0.15, 0.2) is 0 Å². The van der Waals surface area contributed by atoms with Crippen molar-refractivity contribution in [1.29, 1.82) is 5.26 Å². The van der Waals surface area contributed by atoms with Gasteiger partial charge < -0.3 is 5.11 Å². The van der Waals surface area contributed by atoms with E-state index in [1.807, 2.05) is 0 Å². The first-order valence-corrected chi connectivity index (χ1v) is 7.47. The first-order valence-electron chi connectivity index (χ1n) is 5.99. The third-order valence-electron chi connectivity index (χ3n) is 3.25. The molecule has 1 aromatic carbocycles. The Bertz CT molecular complexity index is 649. The molecule has 6 nitrogen and oxygen atoms in total. The van der Waals surface area contributed by atoms with Gasteiger partial charge in [-0.15, -0.1) is 0 Å². The van der Waals surface area contributed by atoms with Gasteiger partial charge in [0.2, 0.25) is 10.0 Å². The number of rotatable bonds is 6. The molecule has 0 saturated carbocycles. The number of nitrogens with one attached hydrogen (secondary N) is 1. The van der Waals surface area contributed by atoms with E-state index in [2.05, 4.69) is 4.72 Å². The molecule has 20 heavy (non-hydrogen) atoms. The van der Waals surface area contributed by atoms with Gasteiger partial charge in [-0.25, -0.2) is 13.1 Å². The molecule has 7 heteroatoms. The van der Waals surface area contributed by atoms with E-state index in [1.165, 1.54) is 25.1 Å². The van der Waals surface area contributed by atoms with Crippen LogP contribution in [0.3, 0.4) is 0 Å². The Labute approximate surface area is 118 Å². The van der Waals surface area contributed by atoms with Gasteiger partial charge in [0.25, 0.3) is 0 Å². The van der Waals surface area contributed by atoms with E-state index in [1.54, 1.807) is 19.1 Å². The maximum Gasteiger partial charge on any atom is 0.310 e. The van der Waals surface area contributed by atoms with Gasteiger partial charge in [-0.3, -0.25) is 4.79 Å². The van der Waals surface area contributed by atoms with Crippen molar-refractivity contribution in [3.63, 3.8) is 0 Å². The smallest absolute Gasteiger partial charge is 0.310 e. The SMILES string of the molecule is CCC(C)(CNS(=O)(=O)c1ccccc1C#N)C(=O)O. The second-order valence-corrected chi connectivity index (χ2v) is 6.39. The molecule has 0 aliphatic heterocycles. The van der Waals surface area contributed by atoms with Crippen molar-refractivity contribution >= 4 is 16.0 Å². The summed E-state index contributed by atoms with van der Waals surface area (Å²) < 4.78 is 26.5. The lowest BCUT2D eigenvalue weighted by Gasteiger charge is -2.23. The van der Waals surface area contributed by atoms with Gasteiger partial charge in [0.05, 0.1) is 15.9 Å². The number of nitrogens with zero attached hydrogens (tertiary/aromatic N) is 1. The largest absolute Gasteiger partial charge is 0.481 e. The molecule has 0 amide bonds. The summed E-state index contributed by atoms with van der Waals surface area (Å²) in [4.78, 5) is 11.0. The molecule has 0 spiro atoms. The van der Waals surface area contributed by atoms with Gasteiger partial charge in [0, 0.05) is 6.54 Å². The van der Waals surface area contributed by atoms with E-state index >= 15 is 0 Å². The molecule has 1 rings (SSSR count). The number of carboxylic acid groups (broad SMARTS) is 1. The standard InChI is InChI=1S/C13H16N2O4S/c1-3-13(2,12(16)17)9-15-20(18,19)11-7-5-4-6-10(11)8-14/h4-7,15H,3,9H2,1-2H3,(H,16,17). The predicted molar refractivity (Wildman–Crippen MR) is 72.4 cm³/mol. The lowest BCUT2D eigenvalue weighted by Crippen LogP contribution is -2.40. The topological polar surface area (TPSA) is 107 Å². The van der Waals surface area contributed by atoms with E-state index < -0.39 is 21.4 Å². The Morgan fingerprint density at radius 3 is 2.55 bits per heavy atom. The quantitative estimate of drug-likeness (QED) is 0.823. The van der Waals surface area contributed by atoms with Crippen LogP contribution < -0.4 is 4.72 Å². The fourth-order valence-electron chi connectivity index (χ4n) is 1.48. The molecule has 0 saturated heterocycles. The van der Waals surface area contributed by atoms with Crippen molar-refractivity contribution < 1.29 is 18.3 Å². The third-order valence-corrected chi connectivity index (χ3v) is 4.71. The Morgan fingerprint density at radius 2 is 2.05 bits per heavy atom. The summed E-state index contributed by atoms with van der Waals surface area (Å²) in [5, 5.41) is 18.0. The predicted octanol–water partition coefficient (Wildman–Crippen LogP) is 1.34. The second kappa shape index (κ2) is 6.03. The molecule has 108 valence electrons. The molecule has 0 fully saturated rings. The summed E-state index contributed by atoms with van der Waals surface area (Å²) in [5.41, 5.74) is -1.16. The zero-order valence-electron chi connectivity index (χ0n) is 11.3. The van der Waals surface area contributed by atoms with Crippen LogP contribution >= 0.6 is 0 Å². The van der Waals surface area contributed by atoms with Crippen LogP contribution in [0.4, 0.5) is 0 Å². The Morgan fingerprint density at radius 1 is 1.45 bits per heavy atom. The fourth-order valence-corrected chi connectivity index (χ4v) is 2.80. The van der Waals surface area contributed by atoms with E-state index in [9.17, 15) is 13.2 Å². The average molecular weight is 296 g/mol. The first-order chi connectivity index (χ1) is 9.27. The lowest BCUT2D eigenvalue weighted by molar-refractivity contribution is -0.147. The number of sulfonamides is 1. The minimum atomic E-state index is -3.92. The van der Waals surface area contributed by atoms with Crippen molar-refractivity contribution in [1.82, 2.24) is 4.72 Å². The van der Waals surface area contributed by atoms with Gasteiger partial charge in [0.1, 0.15) is 6.07 Å². The normalized spacial score (nSPS) is 14.2. The van der Waals surface area contributed by atoms with Crippen molar-refractivity contribution in [2.45, 2.75) is 25.2 Å². The molecular weight excluding hydrogens is 280 g/mol. The Hall–Kier alpha value is -1.91. The van der Waals surface area contributed by atoms with Crippen molar-refractivity contribution in [2.75, 3.05) is 6.54 Å². The van der Waals surface area contributed by atoms with E-state index in [4.69, 9.17) is 10.4 Å². The molecule has 1 aromatic rings. The minimum Gasteiger partial charge on any atom is -0.481 e. The second-order valence-electron chi connectivity index (χ2n) is 4.65. The molecule has 1 unspecified atom stereocenters. The monoisotopic (exact) mass is 296 g/mol.